The van der Waals surface area contributed by atoms with E-state index in [0.29, 0.717) is 42.9 Å². The molecule has 172 valence electrons. The number of hydrogen-bond acceptors (Lipinski definition) is 5. The molecule has 0 spiro atoms. The second-order valence-corrected chi connectivity index (χ2v) is 6.86. The molecule has 0 saturated carbocycles. The van der Waals surface area contributed by atoms with E-state index in [9.17, 15) is 4.39 Å². The molecule has 0 aliphatic rings. The normalized spacial score (nSPS) is 11.9. The Bertz CT molecular complexity index is 995. The van der Waals surface area contributed by atoms with Crippen LogP contribution in [0.2, 0.25) is 0 Å². The number of aromatic nitrogens is 1. The zero-order valence-electron chi connectivity index (χ0n) is 18.3. The van der Waals surface area contributed by atoms with Crippen molar-refractivity contribution < 1.29 is 18.3 Å². The Hall–Kier alpha value is -2.82. The number of benzene rings is 2. The Balaban J connectivity index is 0.00000363. The second kappa shape index (κ2) is 12.9. The van der Waals surface area contributed by atoms with Gasteiger partial charge in [0.05, 0.1) is 19.3 Å². The van der Waals surface area contributed by atoms with Gasteiger partial charge in [0.1, 0.15) is 18.2 Å². The molecule has 2 aromatic carbocycles. The summed E-state index contributed by atoms with van der Waals surface area (Å²) in [6.45, 7) is 3.16. The number of halogens is 2. The van der Waals surface area contributed by atoms with Gasteiger partial charge >= 0.3 is 0 Å². The van der Waals surface area contributed by atoms with Crippen molar-refractivity contribution in [2.75, 3.05) is 27.2 Å². The SMILES string of the molecule is CN=C(NCCc1coc(-c2ccc(F)cc2)n1)NCC(C)Oc1ccccc1OC.I. The highest BCUT2D eigenvalue weighted by Gasteiger charge is 2.10. The lowest BCUT2D eigenvalue weighted by Crippen LogP contribution is -2.42. The topological polar surface area (TPSA) is 80.9 Å². The molecule has 0 amide bonds. The summed E-state index contributed by atoms with van der Waals surface area (Å²) in [6, 6.07) is 13.6. The number of oxazole rings is 1. The van der Waals surface area contributed by atoms with Crippen LogP contribution in [0.25, 0.3) is 11.5 Å². The first-order valence-corrected chi connectivity index (χ1v) is 10.0. The van der Waals surface area contributed by atoms with E-state index in [1.807, 2.05) is 31.2 Å². The van der Waals surface area contributed by atoms with Crippen LogP contribution in [-0.4, -0.2) is 44.3 Å². The van der Waals surface area contributed by atoms with Gasteiger partial charge in [-0.3, -0.25) is 4.99 Å². The number of guanidine groups is 1. The monoisotopic (exact) mass is 554 g/mol. The Morgan fingerprint density at radius 1 is 1.12 bits per heavy atom. The Morgan fingerprint density at radius 2 is 1.84 bits per heavy atom. The standard InChI is InChI=1S/C23H27FN4O3.HI/c1-16(31-21-7-5-4-6-20(21)29-3)14-27-23(25-2)26-13-12-19-15-30-22(28-19)17-8-10-18(24)11-9-17;/h4-11,15-16H,12-14H2,1-3H3,(H2,25,26,27);1H. The zero-order chi connectivity index (χ0) is 22.1. The van der Waals surface area contributed by atoms with Crippen LogP contribution < -0.4 is 20.1 Å². The number of aliphatic imine (C=N–C) groups is 1. The minimum atomic E-state index is -0.291. The van der Waals surface area contributed by atoms with Crippen LogP contribution in [0.4, 0.5) is 4.39 Å². The third-order valence-corrected chi connectivity index (χ3v) is 4.49. The smallest absolute Gasteiger partial charge is 0.226 e. The molecule has 7 nitrogen and oxygen atoms in total. The van der Waals surface area contributed by atoms with E-state index < -0.39 is 0 Å². The second-order valence-electron chi connectivity index (χ2n) is 6.86. The summed E-state index contributed by atoms with van der Waals surface area (Å²) in [5.41, 5.74) is 1.54. The summed E-state index contributed by atoms with van der Waals surface area (Å²) in [7, 11) is 3.33. The number of nitrogens with zero attached hydrogens (tertiary/aromatic N) is 2. The third kappa shape index (κ3) is 7.40. The maximum absolute atomic E-state index is 13.0. The Kier molecular flexibility index (Phi) is 10.3. The quantitative estimate of drug-likeness (QED) is 0.234. The van der Waals surface area contributed by atoms with Crippen molar-refractivity contribution >= 4 is 29.9 Å². The molecule has 0 saturated heterocycles. The fraction of sp³-hybridized carbons (Fsp3) is 0.304. The summed E-state index contributed by atoms with van der Waals surface area (Å²) >= 11 is 0. The van der Waals surface area contributed by atoms with E-state index in [0.717, 1.165) is 11.3 Å². The zero-order valence-corrected chi connectivity index (χ0v) is 20.6. The Labute approximate surface area is 204 Å². The molecular weight excluding hydrogens is 526 g/mol. The van der Waals surface area contributed by atoms with Crippen molar-refractivity contribution in [3.8, 4) is 23.0 Å². The van der Waals surface area contributed by atoms with Crippen LogP contribution in [0.1, 0.15) is 12.6 Å². The molecule has 2 N–H and O–H groups in total. The minimum Gasteiger partial charge on any atom is -0.493 e. The molecule has 3 rings (SSSR count). The van der Waals surface area contributed by atoms with Crippen molar-refractivity contribution in [3.05, 3.63) is 66.3 Å². The average Bonchev–Trinajstić information content (AvgIpc) is 3.26. The minimum absolute atomic E-state index is 0. The molecule has 0 aliphatic heterocycles. The molecule has 9 heteroatoms. The van der Waals surface area contributed by atoms with Crippen molar-refractivity contribution in [1.82, 2.24) is 15.6 Å². The fourth-order valence-corrected chi connectivity index (χ4v) is 2.89. The molecule has 1 aromatic heterocycles. The Morgan fingerprint density at radius 3 is 2.53 bits per heavy atom. The van der Waals surface area contributed by atoms with Gasteiger partial charge in [0, 0.05) is 25.6 Å². The summed E-state index contributed by atoms with van der Waals surface area (Å²) in [4.78, 5) is 8.68. The van der Waals surface area contributed by atoms with Crippen molar-refractivity contribution in [1.29, 1.82) is 0 Å². The van der Waals surface area contributed by atoms with Crippen LogP contribution in [0.5, 0.6) is 11.5 Å². The highest BCUT2D eigenvalue weighted by atomic mass is 127. The number of rotatable bonds is 9. The van der Waals surface area contributed by atoms with Gasteiger partial charge in [-0.15, -0.1) is 24.0 Å². The van der Waals surface area contributed by atoms with E-state index in [2.05, 4.69) is 20.6 Å². The van der Waals surface area contributed by atoms with Gasteiger partial charge in [-0.25, -0.2) is 9.37 Å². The maximum Gasteiger partial charge on any atom is 0.226 e. The summed E-state index contributed by atoms with van der Waals surface area (Å²) in [6.07, 6.45) is 2.17. The fourth-order valence-electron chi connectivity index (χ4n) is 2.89. The third-order valence-electron chi connectivity index (χ3n) is 4.49. The van der Waals surface area contributed by atoms with Gasteiger partial charge in [-0.05, 0) is 43.3 Å². The lowest BCUT2D eigenvalue weighted by atomic mass is 10.2. The molecule has 32 heavy (non-hydrogen) atoms. The van der Waals surface area contributed by atoms with E-state index in [-0.39, 0.29) is 35.9 Å². The van der Waals surface area contributed by atoms with Gasteiger partial charge in [0.15, 0.2) is 17.5 Å². The van der Waals surface area contributed by atoms with Gasteiger partial charge in [-0.2, -0.15) is 0 Å². The average molecular weight is 554 g/mol. The van der Waals surface area contributed by atoms with E-state index in [1.54, 1.807) is 32.6 Å². The number of para-hydroxylation sites is 2. The molecule has 1 unspecified atom stereocenters. The van der Waals surface area contributed by atoms with Crippen LogP contribution in [0.15, 0.2) is 64.2 Å². The van der Waals surface area contributed by atoms with Gasteiger partial charge in [-0.1, -0.05) is 12.1 Å². The molecule has 0 bridgehead atoms. The van der Waals surface area contributed by atoms with Crippen LogP contribution >= 0.6 is 24.0 Å². The number of nitrogens with one attached hydrogen (secondary N) is 2. The predicted octanol–water partition coefficient (Wildman–Crippen LogP) is 4.28. The first-order valence-electron chi connectivity index (χ1n) is 10.0. The summed E-state index contributed by atoms with van der Waals surface area (Å²) in [5.74, 6) is 2.24. The van der Waals surface area contributed by atoms with E-state index in [4.69, 9.17) is 13.9 Å². The summed E-state index contributed by atoms with van der Waals surface area (Å²) < 4.78 is 29.8. The molecule has 1 atom stereocenters. The van der Waals surface area contributed by atoms with Crippen molar-refractivity contribution in [2.24, 2.45) is 4.99 Å². The van der Waals surface area contributed by atoms with Gasteiger partial charge in [0.25, 0.3) is 0 Å². The molecule has 3 aromatic rings. The maximum atomic E-state index is 13.0. The lowest BCUT2D eigenvalue weighted by molar-refractivity contribution is 0.213. The van der Waals surface area contributed by atoms with E-state index in [1.165, 1.54) is 12.1 Å². The van der Waals surface area contributed by atoms with Crippen molar-refractivity contribution in [2.45, 2.75) is 19.4 Å². The highest BCUT2D eigenvalue weighted by molar-refractivity contribution is 14.0. The van der Waals surface area contributed by atoms with Gasteiger partial charge in [0.2, 0.25) is 5.89 Å². The lowest BCUT2D eigenvalue weighted by Gasteiger charge is -2.19. The van der Waals surface area contributed by atoms with Crippen LogP contribution in [0.3, 0.4) is 0 Å². The first-order chi connectivity index (χ1) is 15.1. The number of hydrogen-bond donors (Lipinski definition) is 2. The molecule has 0 fully saturated rings. The van der Waals surface area contributed by atoms with Crippen LogP contribution in [0, 0.1) is 5.82 Å². The number of methoxy groups -OCH3 is 1. The largest absolute Gasteiger partial charge is 0.493 e. The van der Waals surface area contributed by atoms with E-state index >= 15 is 0 Å². The number of ether oxygens (including phenoxy) is 2. The predicted molar refractivity (Wildman–Crippen MR) is 133 cm³/mol. The molecular formula is C23H28FIN4O3. The summed E-state index contributed by atoms with van der Waals surface area (Å²) in [5, 5.41) is 6.49. The van der Waals surface area contributed by atoms with Gasteiger partial charge < -0.3 is 24.5 Å². The molecule has 0 aliphatic carbocycles. The molecule has 0 radical (unpaired) electrons. The van der Waals surface area contributed by atoms with Crippen molar-refractivity contribution in [3.63, 3.8) is 0 Å². The first kappa shape index (κ1) is 25.4. The highest BCUT2D eigenvalue weighted by Crippen LogP contribution is 2.26. The van der Waals surface area contributed by atoms with Crippen LogP contribution in [-0.2, 0) is 6.42 Å². The molecule has 1 heterocycles.